The summed E-state index contributed by atoms with van der Waals surface area (Å²) in [6.07, 6.45) is 0. The SMILES string of the molecule is Cc1c(-c2cccc(-c3cccc(-c4cccc(-c5ccc6c(c5)sc5ccccc56)c4C)c3)c2)cccc1-c1ccc2c(c1)sc1ccccc12. The fourth-order valence-electron chi connectivity index (χ4n) is 8.04. The molecule has 246 valence electrons. The van der Waals surface area contributed by atoms with Crippen LogP contribution in [0.1, 0.15) is 11.1 Å². The molecule has 2 heteroatoms. The number of hydrogen-bond acceptors (Lipinski definition) is 2. The maximum Gasteiger partial charge on any atom is 0.0361 e. The van der Waals surface area contributed by atoms with Crippen LogP contribution in [0.15, 0.2) is 170 Å². The minimum atomic E-state index is 1.22. The van der Waals surface area contributed by atoms with Crippen molar-refractivity contribution in [3.8, 4) is 55.6 Å². The predicted molar refractivity (Wildman–Crippen MR) is 229 cm³/mol. The highest BCUT2D eigenvalue weighted by Crippen LogP contribution is 2.41. The van der Waals surface area contributed by atoms with Crippen molar-refractivity contribution in [1.29, 1.82) is 0 Å². The molecule has 0 nitrogen and oxygen atoms in total. The second kappa shape index (κ2) is 12.5. The lowest BCUT2D eigenvalue weighted by atomic mass is 9.89. The molecule has 0 aliphatic carbocycles. The van der Waals surface area contributed by atoms with E-state index in [1.807, 2.05) is 22.7 Å². The van der Waals surface area contributed by atoms with Crippen LogP contribution in [0.4, 0.5) is 0 Å². The first-order valence-corrected chi connectivity index (χ1v) is 19.5. The summed E-state index contributed by atoms with van der Waals surface area (Å²) in [5.41, 5.74) is 15.2. The van der Waals surface area contributed by atoms with E-state index in [9.17, 15) is 0 Å². The van der Waals surface area contributed by atoms with Gasteiger partial charge in [0.1, 0.15) is 0 Å². The van der Waals surface area contributed by atoms with Gasteiger partial charge in [-0.25, -0.2) is 0 Å². The highest BCUT2D eigenvalue weighted by atomic mass is 32.1. The number of benzene rings is 8. The lowest BCUT2D eigenvalue weighted by molar-refractivity contribution is 1.44. The molecule has 0 radical (unpaired) electrons. The van der Waals surface area contributed by atoms with Gasteiger partial charge in [0.25, 0.3) is 0 Å². The quantitative estimate of drug-likeness (QED) is 0.168. The second-order valence-corrected chi connectivity index (χ2v) is 15.9. The predicted octanol–water partition coefficient (Wildman–Crippen LogP) is 15.4. The zero-order valence-corrected chi connectivity index (χ0v) is 30.6. The van der Waals surface area contributed by atoms with Gasteiger partial charge in [0.15, 0.2) is 0 Å². The molecule has 52 heavy (non-hydrogen) atoms. The summed E-state index contributed by atoms with van der Waals surface area (Å²) in [5.74, 6) is 0. The van der Waals surface area contributed by atoms with E-state index in [-0.39, 0.29) is 0 Å². The number of hydrogen-bond donors (Lipinski definition) is 0. The third-order valence-electron chi connectivity index (χ3n) is 10.7. The van der Waals surface area contributed by atoms with Crippen LogP contribution in [-0.4, -0.2) is 0 Å². The average Bonchev–Trinajstić information content (AvgIpc) is 3.76. The van der Waals surface area contributed by atoms with Crippen LogP contribution >= 0.6 is 22.7 Å². The Bertz CT molecular complexity index is 2790. The first-order valence-electron chi connectivity index (χ1n) is 17.8. The van der Waals surface area contributed by atoms with Crippen molar-refractivity contribution in [3.05, 3.63) is 181 Å². The Morgan fingerprint density at radius 3 is 1.06 bits per heavy atom. The Morgan fingerprint density at radius 2 is 0.615 bits per heavy atom. The van der Waals surface area contributed by atoms with E-state index in [2.05, 4.69) is 184 Å². The number of fused-ring (bicyclic) bond motifs is 6. The zero-order chi connectivity index (χ0) is 34.8. The van der Waals surface area contributed by atoms with Crippen molar-refractivity contribution >= 4 is 63.0 Å². The Morgan fingerprint density at radius 1 is 0.269 bits per heavy atom. The molecule has 0 amide bonds. The molecule has 0 saturated heterocycles. The summed E-state index contributed by atoms with van der Waals surface area (Å²) in [6, 6.07) is 62.8. The molecule has 0 aliphatic rings. The third-order valence-corrected chi connectivity index (χ3v) is 13.0. The van der Waals surface area contributed by atoms with Gasteiger partial charge in [0.2, 0.25) is 0 Å². The minimum Gasteiger partial charge on any atom is -0.135 e. The van der Waals surface area contributed by atoms with Gasteiger partial charge in [0, 0.05) is 40.3 Å². The molecule has 0 spiro atoms. The highest BCUT2D eigenvalue weighted by molar-refractivity contribution is 7.26. The van der Waals surface area contributed by atoms with E-state index in [1.54, 1.807) is 0 Å². The van der Waals surface area contributed by atoms with Gasteiger partial charge in [-0.3, -0.25) is 0 Å². The number of rotatable bonds is 5. The van der Waals surface area contributed by atoms with E-state index in [0.29, 0.717) is 0 Å². The van der Waals surface area contributed by atoms with E-state index in [1.165, 1.54) is 107 Å². The van der Waals surface area contributed by atoms with Crippen molar-refractivity contribution in [2.75, 3.05) is 0 Å². The van der Waals surface area contributed by atoms with E-state index >= 15 is 0 Å². The van der Waals surface area contributed by atoms with Gasteiger partial charge >= 0.3 is 0 Å². The van der Waals surface area contributed by atoms with Crippen LogP contribution in [0, 0.1) is 13.8 Å². The molecule has 0 unspecified atom stereocenters. The molecule has 2 heterocycles. The van der Waals surface area contributed by atoms with E-state index in [4.69, 9.17) is 0 Å². The molecule has 0 atom stereocenters. The van der Waals surface area contributed by atoms with Gasteiger partial charge in [-0.1, -0.05) is 133 Å². The summed E-state index contributed by atoms with van der Waals surface area (Å²) < 4.78 is 5.36. The first-order chi connectivity index (χ1) is 25.6. The summed E-state index contributed by atoms with van der Waals surface area (Å²) in [4.78, 5) is 0. The van der Waals surface area contributed by atoms with Gasteiger partial charge in [-0.05, 0) is 117 Å². The molecule has 0 N–H and O–H groups in total. The fraction of sp³-hybridized carbons (Fsp3) is 0.0400. The van der Waals surface area contributed by atoms with Crippen molar-refractivity contribution in [3.63, 3.8) is 0 Å². The Kier molecular flexibility index (Phi) is 7.42. The smallest absolute Gasteiger partial charge is 0.0361 e. The largest absolute Gasteiger partial charge is 0.135 e. The standard InChI is InChI=1S/C50H34S2/c1-31-39(17-9-19-41(31)37-23-25-45-43-15-3-5-21-47(43)51-49(45)29-37)35-13-7-11-33(27-35)34-12-8-14-36(28-34)40-18-10-20-42(32(40)2)38-24-26-46-44-16-4-6-22-48(44)52-50(46)30-38/h3-30H,1-2H3. The molecule has 2 aromatic heterocycles. The molecule has 8 aromatic carbocycles. The van der Waals surface area contributed by atoms with Crippen molar-refractivity contribution in [1.82, 2.24) is 0 Å². The molecular formula is C50H34S2. The Labute approximate surface area is 311 Å². The maximum atomic E-state index is 2.37. The van der Waals surface area contributed by atoms with Gasteiger partial charge in [-0.2, -0.15) is 0 Å². The van der Waals surface area contributed by atoms with Crippen molar-refractivity contribution < 1.29 is 0 Å². The molecule has 0 fully saturated rings. The lowest BCUT2D eigenvalue weighted by Crippen LogP contribution is -1.90. The van der Waals surface area contributed by atoms with Crippen LogP contribution in [0.5, 0.6) is 0 Å². The molecule has 10 aromatic rings. The van der Waals surface area contributed by atoms with Crippen molar-refractivity contribution in [2.24, 2.45) is 0 Å². The monoisotopic (exact) mass is 698 g/mol. The lowest BCUT2D eigenvalue weighted by Gasteiger charge is -2.15. The molecular weight excluding hydrogens is 665 g/mol. The van der Waals surface area contributed by atoms with Crippen LogP contribution in [0.3, 0.4) is 0 Å². The van der Waals surface area contributed by atoms with Gasteiger partial charge in [0.05, 0.1) is 0 Å². The van der Waals surface area contributed by atoms with Crippen LogP contribution in [0.2, 0.25) is 0 Å². The van der Waals surface area contributed by atoms with Gasteiger partial charge < -0.3 is 0 Å². The second-order valence-electron chi connectivity index (χ2n) is 13.7. The molecule has 0 aliphatic heterocycles. The summed E-state index contributed by atoms with van der Waals surface area (Å²) in [7, 11) is 0. The molecule has 0 saturated carbocycles. The minimum absolute atomic E-state index is 1.22. The summed E-state index contributed by atoms with van der Waals surface area (Å²) in [6.45, 7) is 4.53. The molecule has 0 bridgehead atoms. The highest BCUT2D eigenvalue weighted by Gasteiger charge is 2.14. The normalized spacial score (nSPS) is 11.7. The van der Waals surface area contributed by atoms with E-state index in [0.717, 1.165) is 0 Å². The number of thiophene rings is 2. The summed E-state index contributed by atoms with van der Waals surface area (Å²) >= 11 is 3.76. The van der Waals surface area contributed by atoms with E-state index < -0.39 is 0 Å². The van der Waals surface area contributed by atoms with Crippen molar-refractivity contribution in [2.45, 2.75) is 13.8 Å². The van der Waals surface area contributed by atoms with Gasteiger partial charge in [-0.15, -0.1) is 22.7 Å². The third kappa shape index (κ3) is 5.18. The van der Waals surface area contributed by atoms with Crippen LogP contribution in [-0.2, 0) is 0 Å². The molecule has 10 rings (SSSR count). The Hall–Kier alpha value is -5.80. The maximum absolute atomic E-state index is 2.37. The fourth-order valence-corrected chi connectivity index (χ4v) is 10.3. The zero-order valence-electron chi connectivity index (χ0n) is 29.0. The average molecular weight is 699 g/mol. The van der Waals surface area contributed by atoms with Crippen LogP contribution in [0.25, 0.3) is 96.0 Å². The summed E-state index contributed by atoms with van der Waals surface area (Å²) in [5, 5.41) is 5.36. The van der Waals surface area contributed by atoms with Crippen LogP contribution < -0.4 is 0 Å². The Balaban J connectivity index is 0.989. The first kappa shape index (κ1) is 31.0. The topological polar surface area (TPSA) is 0 Å².